The van der Waals surface area contributed by atoms with Crippen LogP contribution in [0.1, 0.15) is 71.6 Å². The van der Waals surface area contributed by atoms with Crippen LogP contribution in [0.3, 0.4) is 0 Å². The van der Waals surface area contributed by atoms with Crippen LogP contribution >= 0.6 is 23.4 Å². The molecule has 3 heterocycles. The molecule has 3 aromatic heterocycles. The van der Waals surface area contributed by atoms with E-state index in [2.05, 4.69) is 63.6 Å². The van der Waals surface area contributed by atoms with E-state index in [-0.39, 0.29) is 11.0 Å². The number of benzene rings is 3. The van der Waals surface area contributed by atoms with E-state index in [4.69, 9.17) is 31.0 Å². The standard InChI is InChI=1S/C44H56ClN5O4SSi/c1-28-39(29(2)48(6)46-28)40-37(45)20-19-36-35(16-13-22-54-56(9,10)44(3,4)5)42(43(52)53-8)50(41(36)40)21-23-55-27-32-26-33(49(7)47-32)18-17-30-24-31-14-11-12-15-34(31)38(51)25-30/h11-12,14-15,19-20,24-26,51H,13,16-18,21-23,27H2,1-10H3. The summed E-state index contributed by atoms with van der Waals surface area (Å²) in [7, 11) is 3.46. The normalized spacial score (nSPS) is 12.3. The molecule has 298 valence electrons. The first-order valence-electron chi connectivity index (χ1n) is 19.4. The van der Waals surface area contributed by atoms with Crippen LogP contribution in [0.2, 0.25) is 23.2 Å². The molecule has 9 nitrogen and oxygen atoms in total. The lowest BCUT2D eigenvalue weighted by Crippen LogP contribution is -2.41. The maximum atomic E-state index is 13.8. The predicted octanol–water partition coefficient (Wildman–Crippen LogP) is 10.4. The smallest absolute Gasteiger partial charge is 0.354 e. The molecule has 12 heteroatoms. The van der Waals surface area contributed by atoms with E-state index in [0.29, 0.717) is 36.0 Å². The average Bonchev–Trinajstić information content (AvgIpc) is 3.75. The van der Waals surface area contributed by atoms with Crippen molar-refractivity contribution in [2.45, 2.75) is 90.7 Å². The SMILES string of the molecule is COC(=O)c1c(CCCO[Si](C)(C)C(C)(C)C)c2ccc(Cl)c(-c3c(C)nn(C)c3C)c2n1CCSCc1cc(CCc2cc(O)c3ccccc3c2)n(C)n1. The molecule has 56 heavy (non-hydrogen) atoms. The van der Waals surface area contributed by atoms with Crippen LogP contribution in [0.4, 0.5) is 0 Å². The summed E-state index contributed by atoms with van der Waals surface area (Å²) in [6.45, 7) is 16.6. The van der Waals surface area contributed by atoms with Gasteiger partial charge >= 0.3 is 5.97 Å². The van der Waals surface area contributed by atoms with Crippen LogP contribution in [0.15, 0.2) is 54.6 Å². The Labute approximate surface area is 341 Å². The Morgan fingerprint density at radius 1 is 0.946 bits per heavy atom. The Hall–Kier alpha value is -4.03. The monoisotopic (exact) mass is 813 g/mol. The number of nitrogens with zero attached hydrogens (tertiary/aromatic N) is 5. The summed E-state index contributed by atoms with van der Waals surface area (Å²) in [6, 6.07) is 18.1. The highest BCUT2D eigenvalue weighted by Gasteiger charge is 2.37. The summed E-state index contributed by atoms with van der Waals surface area (Å²) in [4.78, 5) is 13.8. The quantitative estimate of drug-likeness (QED) is 0.0627. The number of halogens is 1. The first-order valence-corrected chi connectivity index (χ1v) is 23.8. The lowest BCUT2D eigenvalue weighted by atomic mass is 9.98. The Kier molecular flexibility index (Phi) is 12.5. The van der Waals surface area contributed by atoms with Gasteiger partial charge in [-0.3, -0.25) is 9.36 Å². The van der Waals surface area contributed by atoms with Crippen molar-refractivity contribution in [3.8, 4) is 16.9 Å². The second-order valence-corrected chi connectivity index (χ2v) is 22.6. The van der Waals surface area contributed by atoms with Crippen molar-refractivity contribution < 1.29 is 19.1 Å². The third-order valence-corrected chi connectivity index (χ3v) is 17.4. The van der Waals surface area contributed by atoms with E-state index in [9.17, 15) is 9.90 Å². The Bertz CT molecular complexity index is 2390. The van der Waals surface area contributed by atoms with Crippen molar-refractivity contribution in [3.05, 3.63) is 99.2 Å². The molecule has 0 radical (unpaired) electrons. The Morgan fingerprint density at radius 2 is 1.70 bits per heavy atom. The molecule has 0 bridgehead atoms. The van der Waals surface area contributed by atoms with E-state index in [1.54, 1.807) is 11.8 Å². The largest absolute Gasteiger partial charge is 0.507 e. The van der Waals surface area contributed by atoms with E-state index >= 15 is 0 Å². The number of ether oxygens (including phenoxy) is 1. The summed E-state index contributed by atoms with van der Waals surface area (Å²) < 4.78 is 18.0. The second kappa shape index (κ2) is 16.8. The van der Waals surface area contributed by atoms with Gasteiger partial charge in [-0.25, -0.2) is 4.79 Å². The molecule has 0 saturated carbocycles. The number of fused-ring (bicyclic) bond motifs is 2. The summed E-state index contributed by atoms with van der Waals surface area (Å²) in [5, 5.41) is 23.8. The summed E-state index contributed by atoms with van der Waals surface area (Å²) in [5.74, 6) is 1.42. The molecule has 0 aliphatic heterocycles. The molecule has 0 unspecified atom stereocenters. The van der Waals surface area contributed by atoms with E-state index < -0.39 is 8.32 Å². The van der Waals surface area contributed by atoms with Crippen molar-refractivity contribution in [2.24, 2.45) is 14.1 Å². The van der Waals surface area contributed by atoms with Gasteiger partial charge in [0, 0.05) is 72.0 Å². The third-order valence-electron chi connectivity index (χ3n) is 11.6. The second-order valence-electron chi connectivity index (χ2n) is 16.3. The highest BCUT2D eigenvalue weighted by atomic mass is 35.5. The number of carbonyl (C=O) groups excluding carboxylic acids is 1. The fraction of sp³-hybridized carbons (Fsp3) is 0.432. The van der Waals surface area contributed by atoms with Gasteiger partial charge in [0.25, 0.3) is 0 Å². The van der Waals surface area contributed by atoms with Gasteiger partial charge in [0.05, 0.1) is 29.0 Å². The molecule has 6 aromatic rings. The number of phenols is 1. The minimum Gasteiger partial charge on any atom is -0.507 e. The Balaban J connectivity index is 1.26. The molecular weight excluding hydrogens is 758 g/mol. The lowest BCUT2D eigenvalue weighted by Gasteiger charge is -2.36. The molecule has 0 aliphatic carbocycles. The molecule has 0 atom stereocenters. The number of thioether (sulfide) groups is 1. The van der Waals surface area contributed by atoms with Crippen molar-refractivity contribution in [1.29, 1.82) is 0 Å². The summed E-state index contributed by atoms with van der Waals surface area (Å²) >= 11 is 8.89. The summed E-state index contributed by atoms with van der Waals surface area (Å²) in [5.41, 5.74) is 9.46. The van der Waals surface area contributed by atoms with Crippen molar-refractivity contribution in [1.82, 2.24) is 24.1 Å². The number of rotatable bonds is 15. The van der Waals surface area contributed by atoms with E-state index in [1.807, 2.05) is 66.8 Å². The average molecular weight is 815 g/mol. The van der Waals surface area contributed by atoms with Crippen molar-refractivity contribution in [3.63, 3.8) is 0 Å². The van der Waals surface area contributed by atoms with E-state index in [0.717, 1.165) is 97.5 Å². The van der Waals surface area contributed by atoms with Crippen LogP contribution in [0, 0.1) is 13.8 Å². The number of carbonyl (C=O) groups is 1. The van der Waals surface area contributed by atoms with Gasteiger partial charge in [-0.05, 0) is 92.4 Å². The Morgan fingerprint density at radius 3 is 2.39 bits per heavy atom. The number of methoxy groups -OCH3 is 1. The van der Waals surface area contributed by atoms with Crippen LogP contribution in [0.25, 0.3) is 32.8 Å². The number of hydrogen-bond acceptors (Lipinski definition) is 7. The van der Waals surface area contributed by atoms with Crippen LogP contribution < -0.4 is 0 Å². The fourth-order valence-corrected chi connectivity index (χ4v) is 9.58. The molecule has 0 amide bonds. The van der Waals surface area contributed by atoms with Gasteiger partial charge < -0.3 is 18.8 Å². The van der Waals surface area contributed by atoms with Gasteiger partial charge in [0.15, 0.2) is 8.32 Å². The molecule has 3 aromatic carbocycles. The fourth-order valence-electron chi connectivity index (χ4n) is 7.44. The number of aromatic nitrogens is 5. The minimum absolute atomic E-state index is 0.114. The van der Waals surface area contributed by atoms with Gasteiger partial charge in [-0.15, -0.1) is 0 Å². The zero-order valence-electron chi connectivity index (χ0n) is 34.5. The van der Waals surface area contributed by atoms with Gasteiger partial charge in [-0.1, -0.05) is 68.8 Å². The van der Waals surface area contributed by atoms with Crippen LogP contribution in [-0.4, -0.2) is 63.0 Å². The van der Waals surface area contributed by atoms with Crippen LogP contribution in [0.5, 0.6) is 5.75 Å². The number of esters is 1. The van der Waals surface area contributed by atoms with E-state index in [1.165, 1.54) is 7.11 Å². The number of aromatic hydroxyl groups is 1. The molecule has 1 N–H and O–H groups in total. The zero-order chi connectivity index (χ0) is 40.5. The van der Waals surface area contributed by atoms with Gasteiger partial charge in [0.2, 0.25) is 0 Å². The van der Waals surface area contributed by atoms with Crippen molar-refractivity contribution >= 4 is 59.3 Å². The first-order chi connectivity index (χ1) is 26.5. The lowest BCUT2D eigenvalue weighted by molar-refractivity contribution is 0.0587. The van der Waals surface area contributed by atoms with Gasteiger partial charge in [-0.2, -0.15) is 22.0 Å². The van der Waals surface area contributed by atoms with Gasteiger partial charge in [0.1, 0.15) is 11.4 Å². The summed E-state index contributed by atoms with van der Waals surface area (Å²) in [6.07, 6.45) is 3.05. The molecule has 6 rings (SSSR count). The van der Waals surface area contributed by atoms with Crippen molar-refractivity contribution in [2.75, 3.05) is 19.5 Å². The maximum Gasteiger partial charge on any atom is 0.354 e. The molecular formula is C44H56ClN5O4SSi. The highest BCUT2D eigenvalue weighted by molar-refractivity contribution is 7.98. The zero-order valence-corrected chi connectivity index (χ0v) is 37.1. The highest BCUT2D eigenvalue weighted by Crippen LogP contribution is 2.43. The van der Waals surface area contributed by atoms with Crippen LogP contribution in [-0.2, 0) is 54.8 Å². The number of hydrogen-bond donors (Lipinski definition) is 1. The molecule has 0 spiro atoms. The minimum atomic E-state index is -1.93. The topological polar surface area (TPSA) is 96.3 Å². The molecule has 0 fully saturated rings. The number of aryl methyl sites for hydroxylation is 7. The predicted molar refractivity (Wildman–Crippen MR) is 234 cm³/mol. The maximum absolute atomic E-state index is 13.8. The molecule has 0 aliphatic rings. The number of phenolic OH excluding ortho intramolecular Hbond substituents is 1. The third kappa shape index (κ3) is 8.47. The molecule has 0 saturated heterocycles. The first kappa shape index (κ1) is 41.6.